The van der Waals surface area contributed by atoms with E-state index in [1.165, 1.54) is 4.90 Å². The van der Waals surface area contributed by atoms with Gasteiger partial charge in [-0.1, -0.05) is 6.07 Å². The number of benzene rings is 1. The first kappa shape index (κ1) is 15.2. The van der Waals surface area contributed by atoms with E-state index < -0.39 is 5.54 Å². The van der Waals surface area contributed by atoms with Gasteiger partial charge in [-0.2, -0.15) is 0 Å². The van der Waals surface area contributed by atoms with Gasteiger partial charge in [0, 0.05) is 37.3 Å². The lowest BCUT2D eigenvalue weighted by atomic mass is 10.0. The second kappa shape index (κ2) is 5.84. The molecular formula is C14H21N3O2. The molecule has 3 N–H and O–H groups in total. The van der Waals surface area contributed by atoms with Crippen molar-refractivity contribution < 1.29 is 9.59 Å². The van der Waals surface area contributed by atoms with Gasteiger partial charge in [0.05, 0.1) is 0 Å². The fourth-order valence-corrected chi connectivity index (χ4v) is 1.61. The lowest BCUT2D eigenvalue weighted by molar-refractivity contribution is -0.117. The SMILES string of the molecule is CN(C)C(=O)c1cccc(NC(=O)CC(C)(C)N)c1. The van der Waals surface area contributed by atoms with Crippen LogP contribution in [-0.4, -0.2) is 36.3 Å². The Morgan fingerprint density at radius 1 is 1.32 bits per heavy atom. The second-order valence-corrected chi connectivity index (χ2v) is 5.49. The summed E-state index contributed by atoms with van der Waals surface area (Å²) in [5.41, 5.74) is 6.37. The molecule has 0 aliphatic heterocycles. The van der Waals surface area contributed by atoms with E-state index in [-0.39, 0.29) is 18.2 Å². The van der Waals surface area contributed by atoms with Crippen molar-refractivity contribution in [1.29, 1.82) is 0 Å². The third-order valence-corrected chi connectivity index (χ3v) is 2.42. The maximum atomic E-state index is 11.8. The van der Waals surface area contributed by atoms with Gasteiger partial charge in [-0.15, -0.1) is 0 Å². The van der Waals surface area contributed by atoms with Gasteiger partial charge < -0.3 is 16.0 Å². The molecule has 2 amide bonds. The first-order valence-corrected chi connectivity index (χ1v) is 6.09. The fourth-order valence-electron chi connectivity index (χ4n) is 1.61. The largest absolute Gasteiger partial charge is 0.345 e. The summed E-state index contributed by atoms with van der Waals surface area (Å²) >= 11 is 0. The molecule has 0 aromatic heterocycles. The highest BCUT2D eigenvalue weighted by molar-refractivity contribution is 5.97. The number of anilines is 1. The van der Waals surface area contributed by atoms with Crippen LogP contribution in [0.25, 0.3) is 0 Å². The standard InChI is InChI=1S/C14H21N3O2/c1-14(2,15)9-12(18)16-11-7-5-6-10(8-11)13(19)17(3)4/h5-8H,9,15H2,1-4H3,(H,16,18). The van der Waals surface area contributed by atoms with Crippen molar-refractivity contribution in [2.24, 2.45) is 5.73 Å². The Morgan fingerprint density at radius 2 is 1.95 bits per heavy atom. The van der Waals surface area contributed by atoms with Gasteiger partial charge >= 0.3 is 0 Å². The molecule has 5 heteroatoms. The molecule has 0 heterocycles. The van der Waals surface area contributed by atoms with Gasteiger partial charge in [-0.3, -0.25) is 9.59 Å². The average Bonchev–Trinajstić information content (AvgIpc) is 2.25. The monoisotopic (exact) mass is 263 g/mol. The Morgan fingerprint density at radius 3 is 2.47 bits per heavy atom. The van der Waals surface area contributed by atoms with Gasteiger partial charge in [0.15, 0.2) is 0 Å². The van der Waals surface area contributed by atoms with E-state index in [0.29, 0.717) is 11.3 Å². The van der Waals surface area contributed by atoms with Crippen LogP contribution < -0.4 is 11.1 Å². The van der Waals surface area contributed by atoms with E-state index in [1.54, 1.807) is 52.2 Å². The number of carbonyl (C=O) groups is 2. The number of rotatable bonds is 4. The minimum atomic E-state index is -0.554. The summed E-state index contributed by atoms with van der Waals surface area (Å²) in [5.74, 6) is -0.266. The molecule has 0 saturated carbocycles. The molecule has 19 heavy (non-hydrogen) atoms. The second-order valence-electron chi connectivity index (χ2n) is 5.49. The zero-order valence-corrected chi connectivity index (χ0v) is 11.9. The summed E-state index contributed by atoms with van der Waals surface area (Å²) in [6, 6.07) is 6.85. The highest BCUT2D eigenvalue weighted by Crippen LogP contribution is 2.13. The quantitative estimate of drug-likeness (QED) is 0.863. The summed E-state index contributed by atoms with van der Waals surface area (Å²) in [4.78, 5) is 25.1. The highest BCUT2D eigenvalue weighted by Gasteiger charge is 2.16. The maximum absolute atomic E-state index is 11.8. The van der Waals surface area contributed by atoms with Gasteiger partial charge in [0.2, 0.25) is 5.91 Å². The molecule has 104 valence electrons. The van der Waals surface area contributed by atoms with Crippen LogP contribution in [0.5, 0.6) is 0 Å². The molecule has 0 bridgehead atoms. The van der Waals surface area contributed by atoms with Gasteiger partial charge in [0.1, 0.15) is 0 Å². The summed E-state index contributed by atoms with van der Waals surface area (Å²) in [6.07, 6.45) is 0.221. The first-order chi connectivity index (χ1) is 8.69. The van der Waals surface area contributed by atoms with E-state index >= 15 is 0 Å². The van der Waals surface area contributed by atoms with E-state index in [0.717, 1.165) is 0 Å². The summed E-state index contributed by atoms with van der Waals surface area (Å²) in [6.45, 7) is 3.58. The molecule has 0 spiro atoms. The number of hydrogen-bond acceptors (Lipinski definition) is 3. The number of carbonyl (C=O) groups excluding carboxylic acids is 2. The summed E-state index contributed by atoms with van der Waals surface area (Å²) in [7, 11) is 3.37. The predicted molar refractivity (Wildman–Crippen MR) is 76.0 cm³/mol. The van der Waals surface area contributed by atoms with E-state index in [4.69, 9.17) is 5.73 Å². The number of nitrogens with zero attached hydrogens (tertiary/aromatic N) is 1. The normalized spacial score (nSPS) is 11.0. The number of amides is 2. The van der Waals surface area contributed by atoms with Crippen LogP contribution >= 0.6 is 0 Å². The maximum Gasteiger partial charge on any atom is 0.253 e. The molecule has 0 fully saturated rings. The van der Waals surface area contributed by atoms with Crippen molar-refractivity contribution in [2.45, 2.75) is 25.8 Å². The van der Waals surface area contributed by atoms with Crippen LogP contribution in [0.4, 0.5) is 5.69 Å². The predicted octanol–water partition coefficient (Wildman–Crippen LogP) is 1.45. The van der Waals surface area contributed by atoms with Crippen molar-refractivity contribution in [2.75, 3.05) is 19.4 Å². The van der Waals surface area contributed by atoms with Crippen molar-refractivity contribution in [3.05, 3.63) is 29.8 Å². The molecule has 0 aliphatic rings. The fraction of sp³-hybridized carbons (Fsp3) is 0.429. The first-order valence-electron chi connectivity index (χ1n) is 6.09. The lowest BCUT2D eigenvalue weighted by Gasteiger charge is -2.17. The Bertz CT molecular complexity index is 476. The average molecular weight is 263 g/mol. The van der Waals surface area contributed by atoms with Crippen LogP contribution in [0.3, 0.4) is 0 Å². The smallest absolute Gasteiger partial charge is 0.253 e. The third-order valence-electron chi connectivity index (χ3n) is 2.42. The molecule has 0 saturated heterocycles. The molecule has 0 aliphatic carbocycles. The number of nitrogens with two attached hydrogens (primary N) is 1. The molecule has 0 radical (unpaired) electrons. The molecule has 0 atom stereocenters. The van der Waals surface area contributed by atoms with Crippen molar-refractivity contribution in [3.8, 4) is 0 Å². The van der Waals surface area contributed by atoms with E-state index in [2.05, 4.69) is 5.32 Å². The zero-order valence-electron chi connectivity index (χ0n) is 11.9. The lowest BCUT2D eigenvalue weighted by Crippen LogP contribution is -2.36. The Balaban J connectivity index is 2.78. The van der Waals surface area contributed by atoms with Crippen molar-refractivity contribution in [1.82, 2.24) is 4.90 Å². The Labute approximate surface area is 113 Å². The molecule has 0 unspecified atom stereocenters. The van der Waals surface area contributed by atoms with Crippen LogP contribution in [0, 0.1) is 0 Å². The van der Waals surface area contributed by atoms with Crippen molar-refractivity contribution in [3.63, 3.8) is 0 Å². The molecule has 1 rings (SSSR count). The summed E-state index contributed by atoms with van der Waals surface area (Å²) < 4.78 is 0. The summed E-state index contributed by atoms with van der Waals surface area (Å²) in [5, 5.41) is 2.74. The molecular weight excluding hydrogens is 242 g/mol. The Kier molecular flexibility index (Phi) is 4.67. The topological polar surface area (TPSA) is 75.4 Å². The molecule has 1 aromatic carbocycles. The van der Waals surface area contributed by atoms with E-state index in [1.807, 2.05) is 0 Å². The Hall–Kier alpha value is -1.88. The van der Waals surface area contributed by atoms with Crippen LogP contribution in [0.15, 0.2) is 24.3 Å². The zero-order chi connectivity index (χ0) is 14.6. The third kappa shape index (κ3) is 5.09. The van der Waals surface area contributed by atoms with Crippen LogP contribution in [-0.2, 0) is 4.79 Å². The van der Waals surface area contributed by atoms with Crippen molar-refractivity contribution >= 4 is 17.5 Å². The number of nitrogens with one attached hydrogen (secondary N) is 1. The number of hydrogen-bond donors (Lipinski definition) is 2. The minimum absolute atomic E-state index is 0.102. The highest BCUT2D eigenvalue weighted by atomic mass is 16.2. The minimum Gasteiger partial charge on any atom is -0.345 e. The van der Waals surface area contributed by atoms with Gasteiger partial charge in [-0.25, -0.2) is 0 Å². The van der Waals surface area contributed by atoms with Crippen LogP contribution in [0.1, 0.15) is 30.6 Å². The van der Waals surface area contributed by atoms with Crippen LogP contribution in [0.2, 0.25) is 0 Å². The molecule has 5 nitrogen and oxygen atoms in total. The van der Waals surface area contributed by atoms with E-state index in [9.17, 15) is 9.59 Å². The van der Waals surface area contributed by atoms with Gasteiger partial charge in [0.25, 0.3) is 5.91 Å². The molecule has 1 aromatic rings. The van der Waals surface area contributed by atoms with Gasteiger partial charge in [-0.05, 0) is 32.0 Å².